The third-order valence-electron chi connectivity index (χ3n) is 6.76. The van der Waals surface area contributed by atoms with Crippen molar-refractivity contribution in [3.05, 3.63) is 65.4 Å². The van der Waals surface area contributed by atoms with Gasteiger partial charge < -0.3 is 25.4 Å². The van der Waals surface area contributed by atoms with Crippen LogP contribution in [0.25, 0.3) is 11.4 Å². The summed E-state index contributed by atoms with van der Waals surface area (Å²) in [7, 11) is 2.55. The fourth-order valence-corrected chi connectivity index (χ4v) is 4.39. The van der Waals surface area contributed by atoms with E-state index in [1.165, 1.54) is 12.0 Å². The molecule has 11 heteroatoms. The molecule has 2 saturated heterocycles. The maximum atomic E-state index is 9.63. The van der Waals surface area contributed by atoms with Crippen molar-refractivity contribution in [2.45, 2.75) is 13.0 Å². The number of hydrogen-bond acceptors (Lipinski definition) is 10. The van der Waals surface area contributed by atoms with Gasteiger partial charge in [0.15, 0.2) is 5.82 Å². The lowest BCUT2D eigenvalue weighted by molar-refractivity contribution is -0.0660. The number of nitrogens with two attached hydrogens (primary N) is 1. The Bertz CT molecular complexity index is 1340. The summed E-state index contributed by atoms with van der Waals surface area (Å²) in [6.07, 6.45) is 1.46. The molecule has 2 fully saturated rings. The van der Waals surface area contributed by atoms with Crippen molar-refractivity contribution in [1.82, 2.24) is 19.9 Å². The van der Waals surface area contributed by atoms with Gasteiger partial charge in [0.05, 0.1) is 24.8 Å². The first kappa shape index (κ1) is 25.9. The molecule has 5 rings (SSSR count). The smallest absolute Gasteiger partial charge is 0.230 e. The second-order valence-electron chi connectivity index (χ2n) is 9.34. The number of hydrogen-bond donors (Lipinski definition) is 2. The number of ether oxygens (including phenoxy) is 2. The van der Waals surface area contributed by atoms with Crippen LogP contribution in [0.2, 0.25) is 0 Å². The van der Waals surface area contributed by atoms with Crippen LogP contribution >= 0.6 is 9.24 Å². The van der Waals surface area contributed by atoms with Crippen LogP contribution in [-0.2, 0) is 4.74 Å². The maximum absolute atomic E-state index is 9.63. The molecule has 3 N–H and O–H groups in total. The van der Waals surface area contributed by atoms with E-state index in [-0.39, 0.29) is 6.61 Å². The number of allylic oxidation sites excluding steroid dienone is 1. The molecule has 0 spiro atoms. The summed E-state index contributed by atoms with van der Waals surface area (Å²) in [4.78, 5) is 18.1. The Morgan fingerprint density at radius 3 is 2.58 bits per heavy atom. The Morgan fingerprint density at radius 1 is 1.16 bits per heavy atom. The number of benzene rings is 2. The van der Waals surface area contributed by atoms with Crippen molar-refractivity contribution in [2.75, 3.05) is 56.2 Å². The molecule has 0 aliphatic carbocycles. The fraction of sp³-hybridized carbons (Fsp3) is 0.333. The lowest BCUT2D eigenvalue weighted by atomic mass is 10.1. The van der Waals surface area contributed by atoms with Crippen molar-refractivity contribution in [2.24, 2.45) is 5.73 Å². The lowest BCUT2D eigenvalue weighted by Gasteiger charge is -2.43. The predicted molar refractivity (Wildman–Crippen MR) is 150 cm³/mol. The van der Waals surface area contributed by atoms with E-state index in [1.54, 1.807) is 19.1 Å². The van der Waals surface area contributed by atoms with Gasteiger partial charge in [-0.3, -0.25) is 4.90 Å². The number of nitriles is 1. The number of nitrogens with one attached hydrogen (secondary N) is 1. The van der Waals surface area contributed by atoms with Crippen LogP contribution in [0.3, 0.4) is 0 Å². The Balaban J connectivity index is 1.22. The van der Waals surface area contributed by atoms with Crippen molar-refractivity contribution in [1.29, 1.82) is 5.26 Å². The molecule has 1 aromatic heterocycles. The van der Waals surface area contributed by atoms with E-state index in [0.717, 1.165) is 50.4 Å². The van der Waals surface area contributed by atoms with Gasteiger partial charge in [-0.15, -0.1) is 9.24 Å². The van der Waals surface area contributed by atoms with Gasteiger partial charge in [0.25, 0.3) is 0 Å². The number of piperazine rings is 1. The van der Waals surface area contributed by atoms with Crippen LogP contribution in [0.15, 0.2) is 59.8 Å². The SMILES string of the molecule is C/C(N)=C(/P)COc1ccc(-c2ncnc(Nc3ccc(N4CCN(C5COC5)CC4)cc3)n2)cc1C#N. The molecule has 3 aromatic rings. The van der Waals surface area contributed by atoms with Crippen molar-refractivity contribution in [3.8, 4) is 23.2 Å². The average molecular weight is 531 g/mol. The van der Waals surface area contributed by atoms with E-state index in [2.05, 4.69) is 57.5 Å². The third-order valence-corrected chi connectivity index (χ3v) is 7.38. The van der Waals surface area contributed by atoms with Crippen LogP contribution in [0.4, 0.5) is 17.3 Å². The highest BCUT2D eigenvalue weighted by molar-refractivity contribution is 7.22. The van der Waals surface area contributed by atoms with Crippen LogP contribution in [0.1, 0.15) is 12.5 Å². The maximum Gasteiger partial charge on any atom is 0.230 e. The van der Waals surface area contributed by atoms with Gasteiger partial charge in [0, 0.05) is 54.1 Å². The zero-order valence-corrected chi connectivity index (χ0v) is 22.5. The summed E-state index contributed by atoms with van der Waals surface area (Å²) in [5.74, 6) is 1.36. The molecule has 10 nitrogen and oxygen atoms in total. The summed E-state index contributed by atoms with van der Waals surface area (Å²) >= 11 is 0. The molecule has 196 valence electrons. The molecule has 0 amide bonds. The molecular formula is C27H31N8O2P. The quantitative estimate of drug-likeness (QED) is 0.420. The Hall–Kier alpha value is -3.77. The highest BCUT2D eigenvalue weighted by Crippen LogP contribution is 2.27. The van der Waals surface area contributed by atoms with Crippen LogP contribution in [-0.4, -0.2) is 71.9 Å². The molecule has 3 heterocycles. The Kier molecular flexibility index (Phi) is 7.99. The molecule has 2 aromatic carbocycles. The normalized spacial score (nSPS) is 16.8. The highest BCUT2D eigenvalue weighted by Gasteiger charge is 2.28. The molecule has 1 atom stereocenters. The number of anilines is 3. The van der Waals surface area contributed by atoms with Gasteiger partial charge >= 0.3 is 0 Å². The van der Waals surface area contributed by atoms with E-state index < -0.39 is 0 Å². The molecule has 0 saturated carbocycles. The van der Waals surface area contributed by atoms with Crippen LogP contribution in [0.5, 0.6) is 5.75 Å². The summed E-state index contributed by atoms with van der Waals surface area (Å²) in [5.41, 5.74) is 9.62. The zero-order chi connectivity index (χ0) is 26.5. The van der Waals surface area contributed by atoms with Gasteiger partial charge in [-0.2, -0.15) is 10.2 Å². The van der Waals surface area contributed by atoms with Crippen molar-refractivity contribution in [3.63, 3.8) is 0 Å². The van der Waals surface area contributed by atoms with Crippen molar-refractivity contribution < 1.29 is 9.47 Å². The first-order valence-electron chi connectivity index (χ1n) is 12.5. The molecule has 0 radical (unpaired) electrons. The lowest BCUT2D eigenvalue weighted by Crippen LogP contribution is -2.56. The number of aromatic nitrogens is 3. The van der Waals surface area contributed by atoms with Gasteiger partial charge in [-0.25, -0.2) is 9.97 Å². The summed E-state index contributed by atoms with van der Waals surface area (Å²) in [6, 6.07) is 16.3. The predicted octanol–water partition coefficient (Wildman–Crippen LogP) is 3.12. The highest BCUT2D eigenvalue weighted by atomic mass is 31.0. The van der Waals surface area contributed by atoms with E-state index >= 15 is 0 Å². The first-order valence-corrected chi connectivity index (χ1v) is 13.1. The molecule has 2 aliphatic rings. The van der Waals surface area contributed by atoms with Gasteiger partial charge in [0.2, 0.25) is 5.95 Å². The molecule has 0 bridgehead atoms. The third kappa shape index (κ3) is 6.03. The fourth-order valence-electron chi connectivity index (χ4n) is 4.31. The van der Waals surface area contributed by atoms with Gasteiger partial charge in [-0.05, 0) is 49.4 Å². The second-order valence-corrected chi connectivity index (χ2v) is 10.0. The average Bonchev–Trinajstić information content (AvgIpc) is 2.91. The Morgan fingerprint density at radius 2 is 1.92 bits per heavy atom. The largest absolute Gasteiger partial charge is 0.487 e. The molecule has 2 aliphatic heterocycles. The van der Waals surface area contributed by atoms with Crippen molar-refractivity contribution >= 4 is 26.6 Å². The molecule has 38 heavy (non-hydrogen) atoms. The van der Waals surface area contributed by atoms with E-state index in [0.29, 0.717) is 40.4 Å². The number of rotatable bonds is 8. The molecule has 1 unspecified atom stereocenters. The minimum atomic E-state index is 0.283. The van der Waals surface area contributed by atoms with E-state index in [9.17, 15) is 5.26 Å². The van der Waals surface area contributed by atoms with Gasteiger partial charge in [0.1, 0.15) is 24.8 Å². The minimum absolute atomic E-state index is 0.283. The second kappa shape index (κ2) is 11.7. The van der Waals surface area contributed by atoms with Crippen LogP contribution < -0.4 is 20.7 Å². The standard InChI is InChI=1S/C27H31N8O2P/c1-18(29)25(38)16-37-24-7-2-19(12-20(24)13-28)26-30-17-31-27(33-26)32-21-3-5-22(6-4-21)34-8-10-35(11-9-34)23-14-36-15-23/h2-7,12,17,23H,8-11,14-16,29,38H2,1H3,(H,30,31,32,33)/b25-18-. The summed E-state index contributed by atoms with van der Waals surface area (Å²) in [5, 5.41) is 13.7. The minimum Gasteiger partial charge on any atom is -0.487 e. The Labute approximate surface area is 224 Å². The van der Waals surface area contributed by atoms with E-state index in [1.807, 2.05) is 18.2 Å². The monoisotopic (exact) mass is 530 g/mol. The van der Waals surface area contributed by atoms with Crippen LogP contribution in [0, 0.1) is 11.3 Å². The van der Waals surface area contributed by atoms with E-state index in [4.69, 9.17) is 15.2 Å². The first-order chi connectivity index (χ1) is 18.5. The summed E-state index contributed by atoms with van der Waals surface area (Å²) < 4.78 is 11.1. The molecular weight excluding hydrogens is 499 g/mol. The topological polar surface area (TPSA) is 125 Å². The summed E-state index contributed by atoms with van der Waals surface area (Å²) in [6.45, 7) is 7.96. The van der Waals surface area contributed by atoms with Gasteiger partial charge in [-0.1, -0.05) is 0 Å². The zero-order valence-electron chi connectivity index (χ0n) is 21.3. The number of nitrogens with zero attached hydrogens (tertiary/aromatic N) is 6.